The molecule has 0 aliphatic rings. The van der Waals surface area contributed by atoms with Crippen molar-refractivity contribution in [1.82, 2.24) is 14.9 Å². The second-order valence-electron chi connectivity index (χ2n) is 5.30. The highest BCUT2D eigenvalue weighted by molar-refractivity contribution is 7.08. The summed E-state index contributed by atoms with van der Waals surface area (Å²) in [6, 6.07) is 3.50. The average molecular weight is 357 g/mol. The fourth-order valence-electron chi connectivity index (χ4n) is 2.59. The van der Waals surface area contributed by atoms with Crippen LogP contribution in [0.25, 0.3) is 22.2 Å². The topological polar surface area (TPSA) is 104 Å². The average Bonchev–Trinajstić information content (AvgIpc) is 3.12. The molecule has 0 fully saturated rings. The molecule has 0 bridgehead atoms. The van der Waals surface area contributed by atoms with Crippen molar-refractivity contribution in [1.29, 1.82) is 0 Å². The molecule has 3 aromatic rings. The second kappa shape index (κ2) is 6.86. The van der Waals surface area contributed by atoms with Crippen molar-refractivity contribution in [3.63, 3.8) is 0 Å². The lowest BCUT2D eigenvalue weighted by molar-refractivity contribution is -0.137. The number of carbonyl (C=O) groups excluding carboxylic acids is 1. The number of aliphatic carboxylic acids is 1. The summed E-state index contributed by atoms with van der Waals surface area (Å²) < 4.78 is 0. The summed E-state index contributed by atoms with van der Waals surface area (Å²) in [4.78, 5) is 33.5. The van der Waals surface area contributed by atoms with Crippen molar-refractivity contribution in [2.75, 3.05) is 13.1 Å². The van der Waals surface area contributed by atoms with Crippen LogP contribution < -0.4 is 0 Å². The highest BCUT2D eigenvalue weighted by Gasteiger charge is 2.26. The molecule has 3 rings (SSSR count). The van der Waals surface area contributed by atoms with Gasteiger partial charge in [-0.1, -0.05) is 0 Å². The van der Waals surface area contributed by atoms with E-state index in [0.29, 0.717) is 11.1 Å². The summed E-state index contributed by atoms with van der Waals surface area (Å²) in [6.07, 6.45) is 2.93. The van der Waals surface area contributed by atoms with Gasteiger partial charge in [-0.05, 0) is 35.4 Å². The number of nitrogens with zero attached hydrogens (tertiary/aromatic N) is 3. The number of amides is 1. The standard InChI is InChI=1S/C17H15N3O4S/c1-2-20(8-13(21)22)17(24)14-15-12(18-4-5-19-15)7-11(16(14)23)10-3-6-25-9-10/h3-7,9,23H,2,8H2,1H3,(H,21,22). The molecule has 25 heavy (non-hydrogen) atoms. The van der Waals surface area contributed by atoms with Gasteiger partial charge in [-0.15, -0.1) is 0 Å². The second-order valence-corrected chi connectivity index (χ2v) is 6.08. The van der Waals surface area contributed by atoms with Crippen LogP contribution in [-0.2, 0) is 4.79 Å². The number of phenolic OH excluding ortho intramolecular Hbond substituents is 1. The number of hydrogen-bond donors (Lipinski definition) is 2. The van der Waals surface area contributed by atoms with Gasteiger partial charge in [-0.25, -0.2) is 0 Å². The third-order valence-electron chi connectivity index (χ3n) is 3.78. The zero-order chi connectivity index (χ0) is 18.0. The van der Waals surface area contributed by atoms with Gasteiger partial charge in [-0.3, -0.25) is 19.6 Å². The molecule has 0 aliphatic heterocycles. The lowest BCUT2D eigenvalue weighted by atomic mass is 10.0. The summed E-state index contributed by atoms with van der Waals surface area (Å²) in [5, 5.41) is 23.5. The molecule has 1 aromatic carbocycles. The number of hydrogen-bond acceptors (Lipinski definition) is 6. The molecule has 0 saturated heterocycles. The largest absolute Gasteiger partial charge is 0.506 e. The number of benzene rings is 1. The van der Waals surface area contributed by atoms with E-state index in [1.54, 1.807) is 13.0 Å². The summed E-state index contributed by atoms with van der Waals surface area (Å²) >= 11 is 1.46. The maximum atomic E-state index is 12.9. The quantitative estimate of drug-likeness (QED) is 0.727. The van der Waals surface area contributed by atoms with Crippen LogP contribution in [0.15, 0.2) is 35.3 Å². The third kappa shape index (κ3) is 3.16. The number of carboxylic acids is 1. The Kier molecular flexibility index (Phi) is 4.62. The first-order valence-electron chi connectivity index (χ1n) is 7.53. The summed E-state index contributed by atoms with van der Waals surface area (Å²) in [6.45, 7) is 1.41. The molecule has 0 spiro atoms. The number of carboxylic acid groups (broad SMARTS) is 1. The molecule has 0 unspecified atom stereocenters. The van der Waals surface area contributed by atoms with E-state index in [2.05, 4.69) is 9.97 Å². The number of phenols is 1. The van der Waals surface area contributed by atoms with Crippen LogP contribution in [0.4, 0.5) is 0 Å². The number of aromatic nitrogens is 2. The normalized spacial score (nSPS) is 10.8. The van der Waals surface area contributed by atoms with E-state index in [0.717, 1.165) is 10.5 Å². The van der Waals surface area contributed by atoms with Crippen molar-refractivity contribution < 1.29 is 19.8 Å². The first-order chi connectivity index (χ1) is 12.0. The van der Waals surface area contributed by atoms with E-state index >= 15 is 0 Å². The Morgan fingerprint density at radius 2 is 2.04 bits per heavy atom. The van der Waals surface area contributed by atoms with Gasteiger partial charge < -0.3 is 15.1 Å². The van der Waals surface area contributed by atoms with Gasteiger partial charge in [0.2, 0.25) is 0 Å². The Morgan fingerprint density at radius 1 is 1.28 bits per heavy atom. The van der Waals surface area contributed by atoms with Crippen LogP contribution in [-0.4, -0.2) is 50.0 Å². The Bertz CT molecular complexity index is 940. The van der Waals surface area contributed by atoms with Crippen LogP contribution >= 0.6 is 11.3 Å². The molecule has 2 heterocycles. The van der Waals surface area contributed by atoms with E-state index in [1.165, 1.54) is 23.7 Å². The predicted octanol–water partition coefficient (Wildman–Crippen LogP) is 2.61. The Morgan fingerprint density at radius 3 is 2.68 bits per heavy atom. The summed E-state index contributed by atoms with van der Waals surface area (Å²) in [5.41, 5.74) is 1.88. The predicted molar refractivity (Wildman–Crippen MR) is 93.7 cm³/mol. The van der Waals surface area contributed by atoms with Gasteiger partial charge in [0.25, 0.3) is 5.91 Å². The van der Waals surface area contributed by atoms with E-state index in [1.807, 2.05) is 16.8 Å². The molecule has 2 N–H and O–H groups in total. The number of aromatic hydroxyl groups is 1. The van der Waals surface area contributed by atoms with Gasteiger partial charge in [0.05, 0.1) is 5.52 Å². The Hall–Kier alpha value is -3.00. The van der Waals surface area contributed by atoms with Crippen LogP contribution in [0, 0.1) is 0 Å². The first kappa shape index (κ1) is 16.8. The smallest absolute Gasteiger partial charge is 0.323 e. The van der Waals surface area contributed by atoms with Crippen molar-refractivity contribution in [3.8, 4) is 16.9 Å². The summed E-state index contributed by atoms with van der Waals surface area (Å²) in [7, 11) is 0. The Balaban J connectivity index is 2.23. The van der Waals surface area contributed by atoms with Gasteiger partial charge in [0.15, 0.2) is 0 Å². The third-order valence-corrected chi connectivity index (χ3v) is 4.46. The molecule has 0 atom stereocenters. The molecule has 0 saturated carbocycles. The van der Waals surface area contributed by atoms with E-state index < -0.39 is 18.4 Å². The fraction of sp³-hybridized carbons (Fsp3) is 0.176. The zero-order valence-electron chi connectivity index (χ0n) is 13.3. The number of rotatable bonds is 5. The minimum absolute atomic E-state index is 0.0325. The van der Waals surface area contributed by atoms with Gasteiger partial charge >= 0.3 is 5.97 Å². The highest BCUT2D eigenvalue weighted by Crippen LogP contribution is 2.37. The van der Waals surface area contributed by atoms with Crippen molar-refractivity contribution >= 4 is 34.2 Å². The number of carbonyl (C=O) groups is 2. The summed E-state index contributed by atoms with van der Waals surface area (Å²) in [5.74, 6) is -1.94. The van der Waals surface area contributed by atoms with Crippen molar-refractivity contribution in [2.24, 2.45) is 0 Å². The van der Waals surface area contributed by atoms with E-state index in [4.69, 9.17) is 5.11 Å². The molecule has 128 valence electrons. The van der Waals surface area contributed by atoms with E-state index in [9.17, 15) is 14.7 Å². The lowest BCUT2D eigenvalue weighted by Gasteiger charge is -2.20. The monoisotopic (exact) mass is 357 g/mol. The maximum Gasteiger partial charge on any atom is 0.323 e. The Labute approximate surface area is 147 Å². The van der Waals surface area contributed by atoms with Crippen molar-refractivity contribution in [2.45, 2.75) is 6.92 Å². The molecule has 2 aromatic heterocycles. The van der Waals surface area contributed by atoms with Gasteiger partial charge in [-0.2, -0.15) is 11.3 Å². The molecular weight excluding hydrogens is 342 g/mol. The molecule has 8 heteroatoms. The van der Waals surface area contributed by atoms with Crippen LogP contribution in [0.1, 0.15) is 17.3 Å². The first-order valence-corrected chi connectivity index (χ1v) is 8.47. The molecule has 1 amide bonds. The SMILES string of the molecule is CCN(CC(=O)O)C(=O)c1c(O)c(-c2ccsc2)cc2nccnc12. The number of likely N-dealkylation sites (N-methyl/N-ethyl adjacent to an activating group) is 1. The van der Waals surface area contributed by atoms with Crippen LogP contribution in [0.3, 0.4) is 0 Å². The number of thiophene rings is 1. The minimum atomic E-state index is -1.13. The van der Waals surface area contributed by atoms with Crippen LogP contribution in [0.2, 0.25) is 0 Å². The molecular formula is C17H15N3O4S. The van der Waals surface area contributed by atoms with Crippen molar-refractivity contribution in [3.05, 3.63) is 40.8 Å². The zero-order valence-corrected chi connectivity index (χ0v) is 14.2. The van der Waals surface area contributed by atoms with Gasteiger partial charge in [0, 0.05) is 24.5 Å². The van der Waals surface area contributed by atoms with E-state index in [-0.39, 0.29) is 23.4 Å². The molecule has 0 radical (unpaired) electrons. The maximum absolute atomic E-state index is 12.9. The lowest BCUT2D eigenvalue weighted by Crippen LogP contribution is -2.35. The molecule has 7 nitrogen and oxygen atoms in total. The number of fused-ring (bicyclic) bond motifs is 1. The minimum Gasteiger partial charge on any atom is -0.506 e. The van der Waals surface area contributed by atoms with Gasteiger partial charge in [0.1, 0.15) is 23.4 Å². The highest BCUT2D eigenvalue weighted by atomic mass is 32.1. The molecule has 0 aliphatic carbocycles. The van der Waals surface area contributed by atoms with Crippen LogP contribution in [0.5, 0.6) is 5.75 Å². The fourth-order valence-corrected chi connectivity index (χ4v) is 3.24.